The van der Waals surface area contributed by atoms with Gasteiger partial charge in [-0.1, -0.05) is 5.16 Å². The molecule has 0 aromatic carbocycles. The highest BCUT2D eigenvalue weighted by atomic mass is 32.1. The summed E-state index contributed by atoms with van der Waals surface area (Å²) < 4.78 is 7.06. The van der Waals surface area contributed by atoms with Crippen LogP contribution in [0.4, 0.5) is 5.69 Å². The summed E-state index contributed by atoms with van der Waals surface area (Å²) in [5.74, 6) is 0.851. The normalized spacial score (nSPS) is 11.4. The maximum absolute atomic E-state index is 12.2. The molecule has 0 spiro atoms. The Kier molecular flexibility index (Phi) is 4.68. The standard InChI is InChI=1S/C18H18N6O2S/c1-11(2)24-18-13(8-20-24)7-14(9-19-18)21-15(25)3-4-16-22-17(23-26-16)12-5-6-27-10-12/h5-11H,3-4H2,1-2H3,(H,21,25). The van der Waals surface area contributed by atoms with Crippen LogP contribution in [0.3, 0.4) is 0 Å². The second-order valence-electron chi connectivity index (χ2n) is 6.39. The van der Waals surface area contributed by atoms with Crippen molar-refractivity contribution in [1.29, 1.82) is 0 Å². The van der Waals surface area contributed by atoms with E-state index in [9.17, 15) is 4.79 Å². The van der Waals surface area contributed by atoms with Crippen molar-refractivity contribution >= 4 is 34.0 Å². The van der Waals surface area contributed by atoms with Crippen LogP contribution >= 0.6 is 11.3 Å². The van der Waals surface area contributed by atoms with Crippen LogP contribution in [-0.4, -0.2) is 30.8 Å². The molecule has 0 aliphatic carbocycles. The van der Waals surface area contributed by atoms with Gasteiger partial charge in [0.05, 0.1) is 18.1 Å². The lowest BCUT2D eigenvalue weighted by atomic mass is 10.2. The van der Waals surface area contributed by atoms with E-state index in [-0.39, 0.29) is 18.4 Å². The average molecular weight is 382 g/mol. The third-order valence-corrected chi connectivity index (χ3v) is 4.70. The maximum Gasteiger partial charge on any atom is 0.227 e. The third-order valence-electron chi connectivity index (χ3n) is 4.02. The van der Waals surface area contributed by atoms with Crippen molar-refractivity contribution in [3.05, 3.63) is 41.2 Å². The Balaban J connectivity index is 1.37. The molecule has 1 amide bonds. The van der Waals surface area contributed by atoms with E-state index in [1.165, 1.54) is 0 Å². The summed E-state index contributed by atoms with van der Waals surface area (Å²) in [4.78, 5) is 21.0. The van der Waals surface area contributed by atoms with Gasteiger partial charge in [0, 0.05) is 35.2 Å². The van der Waals surface area contributed by atoms with Crippen molar-refractivity contribution in [3.8, 4) is 11.4 Å². The highest BCUT2D eigenvalue weighted by Crippen LogP contribution is 2.20. The topological polar surface area (TPSA) is 98.7 Å². The SMILES string of the molecule is CC(C)n1ncc2cc(NC(=O)CCc3nc(-c4ccsc4)no3)cnc21. The van der Waals surface area contributed by atoms with E-state index in [1.54, 1.807) is 23.7 Å². The molecule has 0 bridgehead atoms. The van der Waals surface area contributed by atoms with Gasteiger partial charge in [0.25, 0.3) is 0 Å². The number of aryl methyl sites for hydroxylation is 1. The number of nitrogens with zero attached hydrogens (tertiary/aromatic N) is 5. The molecule has 1 N–H and O–H groups in total. The Labute approximate surface area is 159 Å². The molecule has 4 rings (SSSR count). The smallest absolute Gasteiger partial charge is 0.227 e. The van der Waals surface area contributed by atoms with Crippen molar-refractivity contribution in [1.82, 2.24) is 24.9 Å². The highest BCUT2D eigenvalue weighted by molar-refractivity contribution is 7.08. The third kappa shape index (κ3) is 3.72. The van der Waals surface area contributed by atoms with Crippen molar-refractivity contribution < 1.29 is 9.32 Å². The number of nitrogens with one attached hydrogen (secondary N) is 1. The molecule has 27 heavy (non-hydrogen) atoms. The van der Waals surface area contributed by atoms with Crippen LogP contribution in [0.5, 0.6) is 0 Å². The minimum Gasteiger partial charge on any atom is -0.339 e. The summed E-state index contributed by atoms with van der Waals surface area (Å²) in [6, 6.07) is 4.02. The Morgan fingerprint density at radius 1 is 1.37 bits per heavy atom. The quantitative estimate of drug-likeness (QED) is 0.546. The van der Waals surface area contributed by atoms with Gasteiger partial charge >= 0.3 is 0 Å². The van der Waals surface area contributed by atoms with Crippen molar-refractivity contribution in [3.63, 3.8) is 0 Å². The minimum absolute atomic E-state index is 0.136. The van der Waals surface area contributed by atoms with Crippen molar-refractivity contribution in [2.45, 2.75) is 32.7 Å². The fraction of sp³-hybridized carbons (Fsp3) is 0.278. The van der Waals surface area contributed by atoms with Gasteiger partial charge in [-0.2, -0.15) is 21.4 Å². The Hall–Kier alpha value is -3.07. The summed E-state index contributed by atoms with van der Waals surface area (Å²) in [6.45, 7) is 4.09. The lowest BCUT2D eigenvalue weighted by Crippen LogP contribution is -2.12. The first-order valence-corrected chi connectivity index (χ1v) is 9.52. The number of thiophene rings is 1. The van der Waals surface area contributed by atoms with Crippen LogP contribution in [0, 0.1) is 0 Å². The lowest BCUT2D eigenvalue weighted by Gasteiger charge is -2.07. The van der Waals surface area contributed by atoms with E-state index in [0.29, 0.717) is 23.8 Å². The molecule has 0 aliphatic rings. The number of carbonyl (C=O) groups is 1. The maximum atomic E-state index is 12.2. The molecule has 4 aromatic heterocycles. The molecule has 0 radical (unpaired) electrons. The van der Waals surface area contributed by atoms with Gasteiger partial charge in [-0.15, -0.1) is 0 Å². The van der Waals surface area contributed by atoms with Crippen LogP contribution in [0.2, 0.25) is 0 Å². The Morgan fingerprint density at radius 2 is 2.26 bits per heavy atom. The summed E-state index contributed by atoms with van der Waals surface area (Å²) in [5.41, 5.74) is 2.36. The summed E-state index contributed by atoms with van der Waals surface area (Å²) in [6.07, 6.45) is 4.02. The number of fused-ring (bicyclic) bond motifs is 1. The lowest BCUT2D eigenvalue weighted by molar-refractivity contribution is -0.116. The fourth-order valence-corrected chi connectivity index (χ4v) is 3.33. The van der Waals surface area contributed by atoms with E-state index in [0.717, 1.165) is 16.6 Å². The molecule has 0 unspecified atom stereocenters. The zero-order valence-corrected chi connectivity index (χ0v) is 15.7. The molecule has 9 heteroatoms. The van der Waals surface area contributed by atoms with Crippen LogP contribution < -0.4 is 5.32 Å². The number of hydrogen-bond acceptors (Lipinski definition) is 7. The molecule has 0 saturated carbocycles. The predicted molar refractivity (Wildman–Crippen MR) is 102 cm³/mol. The molecule has 0 saturated heterocycles. The first-order valence-electron chi connectivity index (χ1n) is 8.58. The van der Waals surface area contributed by atoms with Gasteiger partial charge in [-0.3, -0.25) is 4.79 Å². The number of hydrogen-bond donors (Lipinski definition) is 1. The number of amides is 1. The minimum atomic E-state index is -0.136. The molecule has 4 aromatic rings. The zero-order valence-electron chi connectivity index (χ0n) is 14.9. The highest BCUT2D eigenvalue weighted by Gasteiger charge is 2.12. The predicted octanol–water partition coefficient (Wildman–Crippen LogP) is 3.70. The van der Waals surface area contributed by atoms with Crippen molar-refractivity contribution in [2.24, 2.45) is 0 Å². The van der Waals surface area contributed by atoms with Crippen LogP contribution in [-0.2, 0) is 11.2 Å². The largest absolute Gasteiger partial charge is 0.339 e. The molecule has 0 atom stereocenters. The molecular formula is C18H18N6O2S. The fourth-order valence-electron chi connectivity index (χ4n) is 2.70. The number of rotatable bonds is 6. The molecule has 0 aliphatic heterocycles. The van der Waals surface area contributed by atoms with Gasteiger partial charge in [0.15, 0.2) is 5.65 Å². The number of anilines is 1. The summed E-state index contributed by atoms with van der Waals surface area (Å²) in [7, 11) is 0. The summed E-state index contributed by atoms with van der Waals surface area (Å²) in [5, 5.41) is 15.9. The first-order chi connectivity index (χ1) is 13.1. The Morgan fingerprint density at radius 3 is 3.04 bits per heavy atom. The molecule has 0 fully saturated rings. The second-order valence-corrected chi connectivity index (χ2v) is 7.17. The zero-order chi connectivity index (χ0) is 18.8. The van der Waals surface area contributed by atoms with E-state index < -0.39 is 0 Å². The Bertz CT molecular complexity index is 1070. The van der Waals surface area contributed by atoms with E-state index in [1.807, 2.05) is 41.4 Å². The number of carbonyl (C=O) groups excluding carboxylic acids is 1. The summed E-state index contributed by atoms with van der Waals surface area (Å²) >= 11 is 1.57. The van der Waals surface area contributed by atoms with Gasteiger partial charge in [0.2, 0.25) is 17.6 Å². The molecular weight excluding hydrogens is 364 g/mol. The first kappa shape index (κ1) is 17.3. The van der Waals surface area contributed by atoms with Crippen LogP contribution in [0.15, 0.2) is 39.8 Å². The van der Waals surface area contributed by atoms with E-state index in [4.69, 9.17) is 4.52 Å². The monoisotopic (exact) mass is 382 g/mol. The number of aromatic nitrogens is 5. The molecule has 4 heterocycles. The molecule has 8 nitrogen and oxygen atoms in total. The van der Waals surface area contributed by atoms with Gasteiger partial charge in [-0.25, -0.2) is 9.67 Å². The second kappa shape index (κ2) is 7.28. The van der Waals surface area contributed by atoms with E-state index in [2.05, 4.69) is 25.5 Å². The van der Waals surface area contributed by atoms with Gasteiger partial charge < -0.3 is 9.84 Å². The van der Waals surface area contributed by atoms with Crippen molar-refractivity contribution in [2.75, 3.05) is 5.32 Å². The van der Waals surface area contributed by atoms with E-state index >= 15 is 0 Å². The number of pyridine rings is 1. The van der Waals surface area contributed by atoms with Crippen LogP contribution in [0.1, 0.15) is 32.2 Å². The van der Waals surface area contributed by atoms with Gasteiger partial charge in [0.1, 0.15) is 0 Å². The molecule has 138 valence electrons. The average Bonchev–Trinajstić information content (AvgIpc) is 3.38. The van der Waals surface area contributed by atoms with Gasteiger partial charge in [-0.05, 0) is 31.4 Å². The van der Waals surface area contributed by atoms with Crippen LogP contribution in [0.25, 0.3) is 22.4 Å².